The number of nitro groups is 1. The Hall–Kier alpha value is -4.11. The van der Waals surface area contributed by atoms with Crippen LogP contribution in [0.1, 0.15) is 16.7 Å². The normalized spacial score (nSPS) is 11.1. The highest BCUT2D eigenvalue weighted by Gasteiger charge is 2.20. The summed E-state index contributed by atoms with van der Waals surface area (Å²) in [5.41, 5.74) is 3.35. The van der Waals surface area contributed by atoms with Crippen LogP contribution >= 0.6 is 11.3 Å². The average Bonchev–Trinajstić information content (AvgIpc) is 3.28. The number of thiazole rings is 1. The first-order valence-electron chi connectivity index (χ1n) is 10.0. The van der Waals surface area contributed by atoms with Gasteiger partial charge in [0.05, 0.1) is 23.3 Å². The lowest BCUT2D eigenvalue weighted by atomic mass is 10.2. The summed E-state index contributed by atoms with van der Waals surface area (Å²) in [7, 11) is 1.59. The van der Waals surface area contributed by atoms with Crippen molar-refractivity contribution in [1.82, 2.24) is 9.97 Å². The molecule has 2 aromatic carbocycles. The van der Waals surface area contributed by atoms with Gasteiger partial charge in [-0.1, -0.05) is 17.4 Å². The standard InChI is InChI=1S/C24H20N4O4S/c1-16-3-9-20(32-2)22-23(16)33-24(26-22)27(15-18-11-13-25-14-12-18)21(29)10-6-17-4-7-19(8-5-17)28(30)31/h3-14H,15H2,1-2H3/b10-6+. The van der Waals surface area contributed by atoms with Crippen LogP contribution in [0, 0.1) is 17.0 Å². The summed E-state index contributed by atoms with van der Waals surface area (Å²) in [6, 6.07) is 13.5. The quantitative estimate of drug-likeness (QED) is 0.215. The second-order valence-electron chi connectivity index (χ2n) is 7.22. The van der Waals surface area contributed by atoms with Gasteiger partial charge in [0.1, 0.15) is 11.3 Å². The van der Waals surface area contributed by atoms with Crippen LogP contribution < -0.4 is 9.64 Å². The van der Waals surface area contributed by atoms with Crippen molar-refractivity contribution in [2.45, 2.75) is 13.5 Å². The fourth-order valence-electron chi connectivity index (χ4n) is 3.25. The van der Waals surface area contributed by atoms with Gasteiger partial charge < -0.3 is 4.74 Å². The molecule has 2 aromatic heterocycles. The van der Waals surface area contributed by atoms with Crippen LogP contribution in [0.4, 0.5) is 10.8 Å². The maximum atomic E-state index is 13.3. The number of methoxy groups -OCH3 is 1. The van der Waals surface area contributed by atoms with E-state index in [1.165, 1.54) is 29.5 Å². The van der Waals surface area contributed by atoms with Crippen molar-refractivity contribution in [3.8, 4) is 5.75 Å². The van der Waals surface area contributed by atoms with Crippen LogP contribution in [0.3, 0.4) is 0 Å². The summed E-state index contributed by atoms with van der Waals surface area (Å²) in [5, 5.41) is 11.4. The van der Waals surface area contributed by atoms with Crippen molar-refractivity contribution in [3.63, 3.8) is 0 Å². The zero-order chi connectivity index (χ0) is 23.4. The molecule has 0 saturated heterocycles. The number of aryl methyl sites for hydroxylation is 1. The molecule has 4 rings (SSSR count). The van der Waals surface area contributed by atoms with E-state index in [1.807, 2.05) is 31.2 Å². The smallest absolute Gasteiger partial charge is 0.269 e. The lowest BCUT2D eigenvalue weighted by molar-refractivity contribution is -0.384. The van der Waals surface area contributed by atoms with Gasteiger partial charge >= 0.3 is 0 Å². The van der Waals surface area contributed by atoms with E-state index in [2.05, 4.69) is 4.98 Å². The summed E-state index contributed by atoms with van der Waals surface area (Å²) < 4.78 is 6.41. The molecule has 0 atom stereocenters. The summed E-state index contributed by atoms with van der Waals surface area (Å²) in [5.74, 6) is 0.386. The molecule has 0 unspecified atom stereocenters. The maximum Gasteiger partial charge on any atom is 0.269 e. The minimum Gasteiger partial charge on any atom is -0.494 e. The number of non-ortho nitro benzene ring substituents is 1. The van der Waals surface area contributed by atoms with E-state index in [1.54, 1.807) is 42.6 Å². The molecule has 4 aromatic rings. The van der Waals surface area contributed by atoms with Gasteiger partial charge in [0.15, 0.2) is 5.13 Å². The number of benzene rings is 2. The Morgan fingerprint density at radius 3 is 2.55 bits per heavy atom. The number of aromatic nitrogens is 2. The lowest BCUT2D eigenvalue weighted by Gasteiger charge is -2.18. The molecule has 2 heterocycles. The first-order valence-corrected chi connectivity index (χ1v) is 10.8. The number of anilines is 1. The zero-order valence-corrected chi connectivity index (χ0v) is 18.8. The van der Waals surface area contributed by atoms with Crippen molar-refractivity contribution in [3.05, 3.63) is 93.8 Å². The molecule has 0 radical (unpaired) electrons. The lowest BCUT2D eigenvalue weighted by Crippen LogP contribution is -2.28. The van der Waals surface area contributed by atoms with Gasteiger partial charge in [-0.25, -0.2) is 4.98 Å². The van der Waals surface area contributed by atoms with Gasteiger partial charge in [0.25, 0.3) is 11.6 Å². The second-order valence-corrected chi connectivity index (χ2v) is 8.20. The number of fused-ring (bicyclic) bond motifs is 1. The van der Waals surface area contributed by atoms with Crippen LogP contribution in [0.5, 0.6) is 5.75 Å². The van der Waals surface area contributed by atoms with Gasteiger partial charge in [-0.3, -0.25) is 24.8 Å². The molecule has 0 spiro atoms. The third-order valence-electron chi connectivity index (χ3n) is 5.02. The topological polar surface area (TPSA) is 98.5 Å². The van der Waals surface area contributed by atoms with Crippen LogP contribution in [0.2, 0.25) is 0 Å². The molecule has 0 aliphatic heterocycles. The van der Waals surface area contributed by atoms with Crippen LogP contribution in [0.15, 0.2) is 67.0 Å². The second kappa shape index (κ2) is 9.58. The largest absolute Gasteiger partial charge is 0.494 e. The van der Waals surface area contributed by atoms with Gasteiger partial charge in [-0.2, -0.15) is 0 Å². The SMILES string of the molecule is COc1ccc(C)c2sc(N(Cc3ccncc3)C(=O)/C=C/c3ccc([N+](=O)[O-])cc3)nc12. The predicted octanol–water partition coefficient (Wildman–Crippen LogP) is 5.16. The number of amides is 1. The Morgan fingerprint density at radius 1 is 1.15 bits per heavy atom. The van der Waals surface area contributed by atoms with E-state index in [-0.39, 0.29) is 11.6 Å². The Kier molecular flexibility index (Phi) is 6.41. The summed E-state index contributed by atoms with van der Waals surface area (Å²) in [4.78, 5) is 34.0. The molecule has 8 nitrogen and oxygen atoms in total. The minimum absolute atomic E-state index is 0.00316. The molecule has 0 aliphatic carbocycles. The number of carbonyl (C=O) groups excluding carboxylic acids is 1. The van der Waals surface area contributed by atoms with Crippen LogP contribution in [-0.2, 0) is 11.3 Å². The minimum atomic E-state index is -0.460. The Labute approximate surface area is 193 Å². The first-order chi connectivity index (χ1) is 16.0. The van der Waals surface area contributed by atoms with Crippen molar-refractivity contribution < 1.29 is 14.5 Å². The zero-order valence-electron chi connectivity index (χ0n) is 18.0. The van der Waals surface area contributed by atoms with Crippen LogP contribution in [-0.4, -0.2) is 27.9 Å². The van der Waals surface area contributed by atoms with Crippen molar-refractivity contribution in [1.29, 1.82) is 0 Å². The molecule has 0 aliphatic rings. The molecular formula is C24H20N4O4S. The molecule has 1 amide bonds. The third kappa shape index (κ3) is 4.88. The van der Waals surface area contributed by atoms with E-state index in [9.17, 15) is 14.9 Å². The highest BCUT2D eigenvalue weighted by atomic mass is 32.1. The number of ether oxygens (including phenoxy) is 1. The summed E-state index contributed by atoms with van der Waals surface area (Å²) in [6.07, 6.45) is 6.43. The first kappa shape index (κ1) is 22.1. The third-order valence-corrected chi connectivity index (χ3v) is 6.23. The van der Waals surface area contributed by atoms with Crippen molar-refractivity contribution >= 4 is 44.4 Å². The summed E-state index contributed by atoms with van der Waals surface area (Å²) >= 11 is 1.43. The highest BCUT2D eigenvalue weighted by molar-refractivity contribution is 7.22. The van der Waals surface area contributed by atoms with E-state index < -0.39 is 4.92 Å². The molecule has 0 fully saturated rings. The molecule has 0 N–H and O–H groups in total. The van der Waals surface area contributed by atoms with Gasteiger partial charge in [-0.05, 0) is 60.0 Å². The molecule has 0 saturated carbocycles. The summed E-state index contributed by atoms with van der Waals surface area (Å²) in [6.45, 7) is 2.31. The molecule has 33 heavy (non-hydrogen) atoms. The Balaban J connectivity index is 1.69. The van der Waals surface area contributed by atoms with Crippen molar-refractivity contribution in [2.24, 2.45) is 0 Å². The van der Waals surface area contributed by atoms with E-state index >= 15 is 0 Å². The van der Waals surface area contributed by atoms with Gasteiger partial charge in [0.2, 0.25) is 0 Å². The number of nitrogens with zero attached hydrogens (tertiary/aromatic N) is 4. The molecule has 166 valence electrons. The molecule has 0 bridgehead atoms. The van der Waals surface area contributed by atoms with E-state index in [0.29, 0.717) is 28.5 Å². The predicted molar refractivity (Wildman–Crippen MR) is 128 cm³/mol. The molecular weight excluding hydrogens is 440 g/mol. The maximum absolute atomic E-state index is 13.3. The van der Waals surface area contributed by atoms with Gasteiger partial charge in [-0.15, -0.1) is 0 Å². The Morgan fingerprint density at radius 2 is 1.88 bits per heavy atom. The number of rotatable bonds is 7. The molecule has 9 heteroatoms. The fourth-order valence-corrected chi connectivity index (χ4v) is 4.31. The van der Waals surface area contributed by atoms with E-state index in [0.717, 1.165) is 15.8 Å². The van der Waals surface area contributed by atoms with Crippen molar-refractivity contribution in [2.75, 3.05) is 12.0 Å². The van der Waals surface area contributed by atoms with Crippen LogP contribution in [0.25, 0.3) is 16.3 Å². The highest BCUT2D eigenvalue weighted by Crippen LogP contribution is 2.37. The number of hydrogen-bond donors (Lipinski definition) is 0. The number of nitro benzene ring substituents is 1. The average molecular weight is 461 g/mol. The number of hydrogen-bond acceptors (Lipinski definition) is 7. The number of pyridine rings is 1. The van der Waals surface area contributed by atoms with E-state index in [4.69, 9.17) is 9.72 Å². The number of carbonyl (C=O) groups is 1. The van der Waals surface area contributed by atoms with Gasteiger partial charge in [0, 0.05) is 30.6 Å². The monoisotopic (exact) mass is 460 g/mol. The fraction of sp³-hybridized carbons (Fsp3) is 0.125. The Bertz CT molecular complexity index is 1330.